The van der Waals surface area contributed by atoms with Crippen LogP contribution in [0.3, 0.4) is 0 Å². The molecule has 1 heterocycles. The van der Waals surface area contributed by atoms with E-state index in [1.54, 1.807) is 25.1 Å². The number of nitrogens with one attached hydrogen (secondary N) is 1. The second-order valence-corrected chi connectivity index (χ2v) is 9.73. The maximum absolute atomic E-state index is 13.2. The number of benzene rings is 2. The minimum absolute atomic E-state index is 0.205. The van der Waals surface area contributed by atoms with Crippen molar-refractivity contribution < 1.29 is 27.4 Å². The van der Waals surface area contributed by atoms with Gasteiger partial charge in [-0.25, -0.2) is 8.42 Å². The van der Waals surface area contributed by atoms with Gasteiger partial charge in [0, 0.05) is 5.02 Å². The van der Waals surface area contributed by atoms with Gasteiger partial charge in [-0.3, -0.25) is 9.10 Å². The summed E-state index contributed by atoms with van der Waals surface area (Å²) in [4.78, 5) is 13.2. The minimum Gasteiger partial charge on any atom is -0.495 e. The third kappa shape index (κ3) is 5.21. The number of fused-ring (bicyclic) bond motifs is 1. The average Bonchev–Trinajstić information content (AvgIpc) is 2.75. The number of nitrogens with zero attached hydrogens (tertiary/aromatic N) is 1. The molecule has 1 N–H and O–H groups in total. The summed E-state index contributed by atoms with van der Waals surface area (Å²) in [6.45, 7) is 4.51. The molecule has 0 bridgehead atoms. The molecular weight excluding hydrogens is 456 g/mol. The molecule has 0 radical (unpaired) electrons. The van der Waals surface area contributed by atoms with Crippen LogP contribution in [0.2, 0.25) is 5.02 Å². The molecule has 0 saturated carbocycles. The zero-order chi connectivity index (χ0) is 23.5. The summed E-state index contributed by atoms with van der Waals surface area (Å²) in [6.07, 6.45) is 1.29. The lowest BCUT2D eigenvalue weighted by Gasteiger charge is -2.32. The van der Waals surface area contributed by atoms with Crippen molar-refractivity contribution in [3.05, 3.63) is 47.0 Å². The van der Waals surface area contributed by atoms with Gasteiger partial charge in [0.15, 0.2) is 11.5 Å². The summed E-state index contributed by atoms with van der Waals surface area (Å²) in [5.41, 5.74) is 1.01. The van der Waals surface area contributed by atoms with Crippen molar-refractivity contribution in [2.24, 2.45) is 0 Å². The van der Waals surface area contributed by atoms with Crippen LogP contribution < -0.4 is 23.8 Å². The Kier molecular flexibility index (Phi) is 7.40. The molecule has 2 aromatic rings. The number of rotatable bonds is 8. The average molecular weight is 483 g/mol. The molecule has 2 aromatic carbocycles. The van der Waals surface area contributed by atoms with E-state index < -0.39 is 28.0 Å². The number of hydrogen-bond acceptors (Lipinski definition) is 6. The number of amides is 1. The van der Waals surface area contributed by atoms with Gasteiger partial charge in [0.1, 0.15) is 25.0 Å². The topological polar surface area (TPSA) is 94.2 Å². The van der Waals surface area contributed by atoms with Gasteiger partial charge >= 0.3 is 0 Å². The summed E-state index contributed by atoms with van der Waals surface area (Å²) >= 11 is 6.12. The molecule has 1 aliphatic rings. The molecular formula is C22H27ClN2O6S. The Morgan fingerprint density at radius 1 is 1.19 bits per heavy atom. The zero-order valence-corrected chi connectivity index (χ0v) is 20.0. The second kappa shape index (κ2) is 9.87. The van der Waals surface area contributed by atoms with E-state index in [0.29, 0.717) is 35.5 Å². The van der Waals surface area contributed by atoms with Crippen LogP contribution >= 0.6 is 11.6 Å². The first kappa shape index (κ1) is 24.0. The fourth-order valence-electron chi connectivity index (χ4n) is 3.59. The van der Waals surface area contributed by atoms with E-state index in [2.05, 4.69) is 5.32 Å². The van der Waals surface area contributed by atoms with Crippen LogP contribution in [0, 0.1) is 0 Å². The maximum Gasteiger partial charge on any atom is 0.244 e. The third-order valence-corrected chi connectivity index (χ3v) is 6.53. The van der Waals surface area contributed by atoms with Crippen molar-refractivity contribution in [2.75, 3.05) is 30.9 Å². The highest BCUT2D eigenvalue weighted by molar-refractivity contribution is 7.92. The van der Waals surface area contributed by atoms with Crippen LogP contribution in [0.25, 0.3) is 0 Å². The Morgan fingerprint density at radius 3 is 2.50 bits per heavy atom. The van der Waals surface area contributed by atoms with Crippen molar-refractivity contribution in [1.29, 1.82) is 0 Å². The monoisotopic (exact) mass is 482 g/mol. The Labute approximate surface area is 193 Å². The lowest BCUT2D eigenvalue weighted by Crippen LogP contribution is -2.49. The van der Waals surface area contributed by atoms with Crippen LogP contribution in [-0.4, -0.2) is 46.9 Å². The molecule has 0 aliphatic carbocycles. The van der Waals surface area contributed by atoms with E-state index in [0.717, 1.165) is 16.1 Å². The number of methoxy groups -OCH3 is 1. The van der Waals surface area contributed by atoms with Gasteiger partial charge in [-0.2, -0.15) is 0 Å². The standard InChI is InChI=1S/C22H27ClN2O6S/c1-5-17(25(32(4,27)28)18-13-16(23)7-9-19(18)29-3)22(26)24-14(2)15-6-8-20-21(12-15)31-11-10-30-20/h6-9,12-14,17H,5,10-11H2,1-4H3,(H,24,26)/t14-,17+/m0/s1. The number of sulfonamides is 1. The van der Waals surface area contributed by atoms with E-state index in [9.17, 15) is 13.2 Å². The molecule has 3 rings (SSSR count). The van der Waals surface area contributed by atoms with Crippen LogP contribution in [0.5, 0.6) is 17.2 Å². The van der Waals surface area contributed by atoms with Crippen molar-refractivity contribution in [3.63, 3.8) is 0 Å². The lowest BCUT2D eigenvalue weighted by atomic mass is 10.1. The molecule has 32 heavy (non-hydrogen) atoms. The highest BCUT2D eigenvalue weighted by atomic mass is 35.5. The number of carbonyl (C=O) groups is 1. The highest BCUT2D eigenvalue weighted by Gasteiger charge is 2.34. The number of anilines is 1. The molecule has 0 spiro atoms. The third-order valence-electron chi connectivity index (χ3n) is 5.13. The molecule has 174 valence electrons. The van der Waals surface area contributed by atoms with Crippen molar-refractivity contribution >= 4 is 33.2 Å². The summed E-state index contributed by atoms with van der Waals surface area (Å²) in [7, 11) is -2.41. The molecule has 2 atom stereocenters. The molecule has 0 saturated heterocycles. The predicted molar refractivity (Wildman–Crippen MR) is 123 cm³/mol. The number of halogens is 1. The van der Waals surface area contributed by atoms with Gasteiger partial charge in [0.25, 0.3) is 0 Å². The zero-order valence-electron chi connectivity index (χ0n) is 18.4. The predicted octanol–water partition coefficient (Wildman–Crippen LogP) is 3.54. The molecule has 1 aliphatic heterocycles. The minimum atomic E-state index is -3.84. The van der Waals surface area contributed by atoms with Crippen LogP contribution in [0.4, 0.5) is 5.69 Å². The SMILES string of the molecule is CC[C@H](C(=O)N[C@@H](C)c1ccc2c(c1)OCCO2)N(c1cc(Cl)ccc1OC)S(C)(=O)=O. The molecule has 8 nitrogen and oxygen atoms in total. The first-order valence-corrected chi connectivity index (χ1v) is 12.4. The van der Waals surface area contributed by atoms with Crippen molar-refractivity contribution in [2.45, 2.75) is 32.4 Å². The molecule has 10 heteroatoms. The van der Waals surface area contributed by atoms with Crippen LogP contribution in [0.15, 0.2) is 36.4 Å². The second-order valence-electron chi connectivity index (χ2n) is 7.43. The van der Waals surface area contributed by atoms with Gasteiger partial charge in [0.05, 0.1) is 25.1 Å². The summed E-state index contributed by atoms with van der Waals surface area (Å²) < 4.78 is 43.0. The lowest BCUT2D eigenvalue weighted by molar-refractivity contribution is -0.122. The normalized spacial score (nSPS) is 14.9. The first-order valence-electron chi connectivity index (χ1n) is 10.2. The summed E-state index contributed by atoms with van der Waals surface area (Å²) in [5, 5.41) is 3.24. The molecule has 0 unspecified atom stereocenters. The van der Waals surface area contributed by atoms with Crippen molar-refractivity contribution in [1.82, 2.24) is 5.32 Å². The van der Waals surface area contributed by atoms with E-state index in [1.165, 1.54) is 13.2 Å². The smallest absolute Gasteiger partial charge is 0.244 e. The van der Waals surface area contributed by atoms with Crippen LogP contribution in [-0.2, 0) is 14.8 Å². The molecule has 1 amide bonds. The van der Waals surface area contributed by atoms with E-state index in [-0.39, 0.29) is 12.1 Å². The Morgan fingerprint density at radius 2 is 1.88 bits per heavy atom. The molecule has 0 fully saturated rings. The van der Waals surface area contributed by atoms with Crippen molar-refractivity contribution in [3.8, 4) is 17.2 Å². The number of hydrogen-bond donors (Lipinski definition) is 1. The van der Waals surface area contributed by atoms with E-state index >= 15 is 0 Å². The Balaban J connectivity index is 1.89. The van der Waals surface area contributed by atoms with Gasteiger partial charge in [-0.15, -0.1) is 0 Å². The molecule has 0 aromatic heterocycles. The van der Waals surface area contributed by atoms with Gasteiger partial charge in [-0.1, -0.05) is 24.6 Å². The quantitative estimate of drug-likeness (QED) is 0.618. The fourth-order valence-corrected chi connectivity index (χ4v) is 4.97. The van der Waals surface area contributed by atoms with Gasteiger partial charge in [0.2, 0.25) is 15.9 Å². The van der Waals surface area contributed by atoms with E-state index in [1.807, 2.05) is 19.1 Å². The summed E-state index contributed by atoms with van der Waals surface area (Å²) in [5.74, 6) is 1.12. The number of carbonyl (C=O) groups excluding carboxylic acids is 1. The maximum atomic E-state index is 13.2. The van der Waals surface area contributed by atoms with Gasteiger partial charge < -0.3 is 19.5 Å². The largest absolute Gasteiger partial charge is 0.495 e. The van der Waals surface area contributed by atoms with Crippen LogP contribution in [0.1, 0.15) is 31.9 Å². The Bertz CT molecular complexity index is 1090. The summed E-state index contributed by atoms with van der Waals surface area (Å²) in [6, 6.07) is 8.69. The van der Waals surface area contributed by atoms with Gasteiger partial charge in [-0.05, 0) is 49.2 Å². The van der Waals surface area contributed by atoms with E-state index in [4.69, 9.17) is 25.8 Å². The number of ether oxygens (including phenoxy) is 3. The fraction of sp³-hybridized carbons (Fsp3) is 0.409. The first-order chi connectivity index (χ1) is 15.2. The Hall–Kier alpha value is -2.65. The highest BCUT2D eigenvalue weighted by Crippen LogP contribution is 2.35.